The fourth-order valence-electron chi connectivity index (χ4n) is 2.51. The number of Topliss-reactive ketones (excluding diaryl/α,β-unsaturated/α-hetero) is 1. The van der Waals surface area contributed by atoms with Gasteiger partial charge in [-0.1, -0.05) is 25.1 Å². The number of ketones is 1. The van der Waals surface area contributed by atoms with E-state index in [1.54, 1.807) is 12.1 Å². The molecule has 0 saturated carbocycles. The molecule has 0 aliphatic carbocycles. The third kappa shape index (κ3) is 2.82. The van der Waals surface area contributed by atoms with Crippen molar-refractivity contribution in [3.8, 4) is 6.07 Å². The van der Waals surface area contributed by atoms with Crippen LogP contribution in [-0.4, -0.2) is 19.0 Å². The first-order valence-electron chi connectivity index (χ1n) is 6.40. The Morgan fingerprint density at radius 1 is 1.53 bits per heavy atom. The molecule has 0 radical (unpaired) electrons. The average molecular weight is 261 g/mol. The Balaban J connectivity index is 2.25. The maximum absolute atomic E-state index is 13.7. The number of carbonyl (C=O) groups excluding carboxylic acids is 1. The summed E-state index contributed by atoms with van der Waals surface area (Å²) in [5, 5.41) is 9.22. The molecule has 1 aromatic carbocycles. The van der Waals surface area contributed by atoms with E-state index in [1.165, 1.54) is 12.1 Å². The van der Waals surface area contributed by atoms with Crippen molar-refractivity contribution in [1.29, 1.82) is 5.26 Å². The van der Waals surface area contributed by atoms with Gasteiger partial charge in [0, 0.05) is 24.7 Å². The number of rotatable bonds is 3. The molecule has 0 aromatic heterocycles. The summed E-state index contributed by atoms with van der Waals surface area (Å²) < 4.78 is 19.0. The average Bonchev–Trinajstić information content (AvgIpc) is 2.42. The summed E-state index contributed by atoms with van der Waals surface area (Å²) in [5.74, 6) is -1.86. The zero-order valence-electron chi connectivity index (χ0n) is 10.8. The summed E-state index contributed by atoms with van der Waals surface area (Å²) in [5.41, 5.74) is 0.175. The molecule has 19 heavy (non-hydrogen) atoms. The van der Waals surface area contributed by atoms with E-state index in [0.29, 0.717) is 19.6 Å². The fraction of sp³-hybridized carbons (Fsp3) is 0.467. The number of ether oxygens (including phenoxy) is 1. The van der Waals surface area contributed by atoms with Gasteiger partial charge >= 0.3 is 0 Å². The van der Waals surface area contributed by atoms with Crippen molar-refractivity contribution in [3.05, 3.63) is 35.6 Å². The molecule has 1 aromatic rings. The van der Waals surface area contributed by atoms with E-state index in [9.17, 15) is 14.4 Å². The van der Waals surface area contributed by atoms with Crippen molar-refractivity contribution < 1.29 is 13.9 Å². The molecule has 1 fully saturated rings. The number of nitrogens with zero attached hydrogens (tertiary/aromatic N) is 1. The SMILES string of the molecule is CC1COCCC1C(=O)C(C#N)c1ccccc1F. The van der Waals surface area contributed by atoms with Gasteiger partial charge in [-0.15, -0.1) is 0 Å². The third-order valence-corrected chi connectivity index (χ3v) is 3.64. The van der Waals surface area contributed by atoms with Gasteiger partial charge in [-0.2, -0.15) is 5.26 Å². The molecule has 0 amide bonds. The highest BCUT2D eigenvalue weighted by atomic mass is 19.1. The Morgan fingerprint density at radius 2 is 2.26 bits per heavy atom. The molecule has 0 spiro atoms. The zero-order valence-corrected chi connectivity index (χ0v) is 10.8. The fourth-order valence-corrected chi connectivity index (χ4v) is 2.51. The van der Waals surface area contributed by atoms with Crippen molar-refractivity contribution in [2.45, 2.75) is 19.3 Å². The van der Waals surface area contributed by atoms with Crippen molar-refractivity contribution >= 4 is 5.78 Å². The van der Waals surface area contributed by atoms with Gasteiger partial charge in [0.1, 0.15) is 11.7 Å². The molecule has 4 heteroatoms. The van der Waals surface area contributed by atoms with Crippen molar-refractivity contribution in [2.75, 3.05) is 13.2 Å². The van der Waals surface area contributed by atoms with Gasteiger partial charge in [-0.05, 0) is 18.4 Å². The molecule has 100 valence electrons. The van der Waals surface area contributed by atoms with E-state index in [-0.39, 0.29) is 23.2 Å². The lowest BCUT2D eigenvalue weighted by atomic mass is 9.79. The summed E-state index contributed by atoms with van der Waals surface area (Å²) in [6.45, 7) is 2.97. The summed E-state index contributed by atoms with van der Waals surface area (Å²) in [6.07, 6.45) is 0.604. The lowest BCUT2D eigenvalue weighted by Crippen LogP contribution is -2.34. The maximum atomic E-state index is 13.7. The second kappa shape index (κ2) is 5.94. The second-order valence-corrected chi connectivity index (χ2v) is 4.93. The first kappa shape index (κ1) is 13.7. The minimum atomic E-state index is -1.02. The normalized spacial score (nSPS) is 24.5. The van der Waals surface area contributed by atoms with Crippen LogP contribution in [0.15, 0.2) is 24.3 Å². The number of hydrogen-bond acceptors (Lipinski definition) is 3. The van der Waals surface area contributed by atoms with Gasteiger partial charge in [0.05, 0.1) is 6.07 Å². The summed E-state index contributed by atoms with van der Waals surface area (Å²) >= 11 is 0. The van der Waals surface area contributed by atoms with Gasteiger partial charge in [-0.3, -0.25) is 4.79 Å². The van der Waals surface area contributed by atoms with Crippen LogP contribution >= 0.6 is 0 Å². The number of hydrogen-bond donors (Lipinski definition) is 0. The molecular formula is C15H16FNO2. The summed E-state index contributed by atoms with van der Waals surface area (Å²) in [4.78, 5) is 12.4. The van der Waals surface area contributed by atoms with E-state index in [0.717, 1.165) is 0 Å². The summed E-state index contributed by atoms with van der Waals surface area (Å²) in [7, 11) is 0. The van der Waals surface area contributed by atoms with Gasteiger partial charge in [-0.25, -0.2) is 4.39 Å². The standard InChI is InChI=1S/C15H16FNO2/c1-10-9-19-7-6-11(10)15(18)13(8-17)12-4-2-3-5-14(12)16/h2-5,10-11,13H,6-7,9H2,1H3. The molecule has 0 bridgehead atoms. The van der Waals surface area contributed by atoms with E-state index in [1.807, 2.05) is 13.0 Å². The first-order chi connectivity index (χ1) is 9.15. The van der Waals surface area contributed by atoms with Crippen LogP contribution in [0.2, 0.25) is 0 Å². The van der Waals surface area contributed by atoms with Crippen molar-refractivity contribution in [2.24, 2.45) is 11.8 Å². The largest absolute Gasteiger partial charge is 0.381 e. The molecule has 0 N–H and O–H groups in total. The lowest BCUT2D eigenvalue weighted by Gasteiger charge is -2.29. The molecule has 3 unspecified atom stereocenters. The highest BCUT2D eigenvalue weighted by molar-refractivity contribution is 5.90. The van der Waals surface area contributed by atoms with E-state index < -0.39 is 11.7 Å². The topological polar surface area (TPSA) is 50.1 Å². The molecule has 3 nitrogen and oxygen atoms in total. The van der Waals surface area contributed by atoms with Crippen LogP contribution in [0, 0.1) is 29.0 Å². The van der Waals surface area contributed by atoms with Crippen LogP contribution in [0.1, 0.15) is 24.8 Å². The third-order valence-electron chi connectivity index (χ3n) is 3.64. The Morgan fingerprint density at radius 3 is 2.89 bits per heavy atom. The zero-order chi connectivity index (χ0) is 13.8. The molecule has 1 saturated heterocycles. The molecule has 1 heterocycles. The minimum Gasteiger partial charge on any atom is -0.381 e. The molecule has 3 atom stereocenters. The van der Waals surface area contributed by atoms with Gasteiger partial charge in [0.25, 0.3) is 0 Å². The summed E-state index contributed by atoms with van der Waals surface area (Å²) in [6, 6.07) is 7.92. The molecule has 1 aliphatic rings. The molecule has 1 aliphatic heterocycles. The number of carbonyl (C=O) groups is 1. The van der Waals surface area contributed by atoms with Gasteiger partial charge < -0.3 is 4.74 Å². The predicted molar refractivity (Wildman–Crippen MR) is 67.9 cm³/mol. The van der Waals surface area contributed by atoms with Crippen LogP contribution < -0.4 is 0 Å². The van der Waals surface area contributed by atoms with E-state index >= 15 is 0 Å². The van der Waals surface area contributed by atoms with Crippen LogP contribution in [0.4, 0.5) is 4.39 Å². The second-order valence-electron chi connectivity index (χ2n) is 4.93. The number of nitriles is 1. The first-order valence-corrected chi connectivity index (χ1v) is 6.40. The highest BCUT2D eigenvalue weighted by Gasteiger charge is 2.34. The van der Waals surface area contributed by atoms with E-state index in [4.69, 9.17) is 4.74 Å². The van der Waals surface area contributed by atoms with Crippen molar-refractivity contribution in [3.63, 3.8) is 0 Å². The lowest BCUT2D eigenvalue weighted by molar-refractivity contribution is -0.128. The van der Waals surface area contributed by atoms with Gasteiger partial charge in [0.15, 0.2) is 5.78 Å². The monoisotopic (exact) mass is 261 g/mol. The van der Waals surface area contributed by atoms with Crippen LogP contribution in [0.3, 0.4) is 0 Å². The van der Waals surface area contributed by atoms with Gasteiger partial charge in [0.2, 0.25) is 0 Å². The Labute approximate surface area is 112 Å². The van der Waals surface area contributed by atoms with Crippen molar-refractivity contribution in [1.82, 2.24) is 0 Å². The minimum absolute atomic E-state index is 0.0730. The Hall–Kier alpha value is -1.73. The maximum Gasteiger partial charge on any atom is 0.158 e. The molecular weight excluding hydrogens is 245 g/mol. The van der Waals surface area contributed by atoms with Crippen LogP contribution in [0.5, 0.6) is 0 Å². The van der Waals surface area contributed by atoms with Crippen LogP contribution in [0.25, 0.3) is 0 Å². The predicted octanol–water partition coefficient (Wildman–Crippen LogP) is 2.67. The van der Waals surface area contributed by atoms with E-state index in [2.05, 4.69) is 0 Å². The Kier molecular flexibility index (Phi) is 4.28. The smallest absolute Gasteiger partial charge is 0.158 e. The highest BCUT2D eigenvalue weighted by Crippen LogP contribution is 2.30. The molecule has 2 rings (SSSR count). The Bertz CT molecular complexity index is 509. The quantitative estimate of drug-likeness (QED) is 0.840. The van der Waals surface area contributed by atoms with Crippen LogP contribution in [-0.2, 0) is 9.53 Å². The number of benzene rings is 1. The number of halogens is 1.